The summed E-state index contributed by atoms with van der Waals surface area (Å²) >= 11 is 0. The van der Waals surface area contributed by atoms with Crippen molar-refractivity contribution in [3.63, 3.8) is 0 Å². The predicted octanol–water partition coefficient (Wildman–Crippen LogP) is 0.656. The molecule has 1 atom stereocenters. The molecule has 0 aromatic carbocycles. The van der Waals surface area contributed by atoms with Crippen molar-refractivity contribution in [1.82, 2.24) is 9.88 Å². The lowest BCUT2D eigenvalue weighted by molar-refractivity contribution is -0.139. The van der Waals surface area contributed by atoms with Crippen LogP contribution in [0.2, 0.25) is 0 Å². The van der Waals surface area contributed by atoms with Crippen molar-refractivity contribution in [3.8, 4) is 0 Å². The molecule has 0 fully saturated rings. The topological polar surface area (TPSA) is 110 Å². The van der Waals surface area contributed by atoms with Crippen molar-refractivity contribution >= 4 is 16.0 Å². The van der Waals surface area contributed by atoms with E-state index < -0.39 is 27.8 Å². The minimum absolute atomic E-state index is 0.242. The summed E-state index contributed by atoms with van der Waals surface area (Å²) in [6, 6.07) is 0.391. The molecule has 1 rings (SSSR count). The van der Waals surface area contributed by atoms with Gasteiger partial charge in [-0.2, -0.15) is 0 Å². The fourth-order valence-corrected chi connectivity index (χ4v) is 2.72. The molecule has 102 valence electrons. The highest BCUT2D eigenvalue weighted by atomic mass is 32.2. The molecule has 0 amide bonds. The maximum Gasteiger partial charge on any atom is 0.321 e. The number of aryl methyl sites for hydroxylation is 1. The SMILES string of the molecule is CCCC(NS(=O)(=O)Cc1cc(C)on1)C(=O)O. The third kappa shape index (κ3) is 4.46. The number of carboxylic acid groups (broad SMARTS) is 1. The number of aromatic nitrogens is 1. The zero-order valence-electron chi connectivity index (χ0n) is 10.2. The largest absolute Gasteiger partial charge is 0.480 e. The van der Waals surface area contributed by atoms with Crippen molar-refractivity contribution in [2.24, 2.45) is 0 Å². The molecule has 0 aliphatic carbocycles. The highest BCUT2D eigenvalue weighted by Crippen LogP contribution is 2.07. The quantitative estimate of drug-likeness (QED) is 0.757. The van der Waals surface area contributed by atoms with E-state index in [1.165, 1.54) is 6.07 Å². The zero-order valence-corrected chi connectivity index (χ0v) is 11.0. The molecular formula is C10H16N2O5S. The second kappa shape index (κ2) is 5.96. The number of sulfonamides is 1. The van der Waals surface area contributed by atoms with Gasteiger partial charge in [-0.3, -0.25) is 4.79 Å². The number of hydrogen-bond acceptors (Lipinski definition) is 5. The van der Waals surface area contributed by atoms with Gasteiger partial charge in [-0.25, -0.2) is 13.1 Å². The molecule has 2 N–H and O–H groups in total. The van der Waals surface area contributed by atoms with E-state index in [0.29, 0.717) is 12.2 Å². The standard InChI is InChI=1S/C10H16N2O5S/c1-3-4-9(10(13)14)12-18(15,16)6-8-5-7(2)17-11-8/h5,9,12H,3-4,6H2,1-2H3,(H,13,14). The van der Waals surface area contributed by atoms with Crippen molar-refractivity contribution in [2.45, 2.75) is 38.5 Å². The first-order valence-corrected chi connectivity index (χ1v) is 7.14. The normalized spacial score (nSPS) is 13.4. The van der Waals surface area contributed by atoms with Crippen LogP contribution < -0.4 is 4.72 Å². The summed E-state index contributed by atoms with van der Waals surface area (Å²) < 4.78 is 30.4. The van der Waals surface area contributed by atoms with Gasteiger partial charge in [0.1, 0.15) is 23.2 Å². The monoisotopic (exact) mass is 276 g/mol. The van der Waals surface area contributed by atoms with E-state index in [1.54, 1.807) is 13.8 Å². The molecule has 1 aromatic rings. The number of aliphatic carboxylic acids is 1. The molecule has 0 aliphatic heterocycles. The summed E-state index contributed by atoms with van der Waals surface area (Å²) in [4.78, 5) is 10.9. The average Bonchev–Trinajstić information content (AvgIpc) is 2.62. The lowest BCUT2D eigenvalue weighted by atomic mass is 10.2. The molecule has 8 heteroatoms. The van der Waals surface area contributed by atoms with Crippen LogP contribution in [0.25, 0.3) is 0 Å². The van der Waals surface area contributed by atoms with Gasteiger partial charge in [0.2, 0.25) is 10.0 Å². The van der Waals surface area contributed by atoms with Crippen LogP contribution in [0.15, 0.2) is 10.6 Å². The maximum absolute atomic E-state index is 11.7. The van der Waals surface area contributed by atoms with Gasteiger partial charge >= 0.3 is 5.97 Å². The van der Waals surface area contributed by atoms with Crippen molar-refractivity contribution in [2.75, 3.05) is 0 Å². The molecule has 0 spiro atoms. The van der Waals surface area contributed by atoms with Gasteiger partial charge in [-0.1, -0.05) is 18.5 Å². The van der Waals surface area contributed by atoms with Crippen molar-refractivity contribution in [1.29, 1.82) is 0 Å². The van der Waals surface area contributed by atoms with Crippen molar-refractivity contribution < 1.29 is 22.8 Å². The fraction of sp³-hybridized carbons (Fsp3) is 0.600. The Balaban J connectivity index is 2.71. The summed E-state index contributed by atoms with van der Waals surface area (Å²) in [6.07, 6.45) is 0.814. The predicted molar refractivity (Wildman–Crippen MR) is 63.3 cm³/mol. The van der Waals surface area contributed by atoms with Crippen LogP contribution in [-0.4, -0.2) is 30.7 Å². The Kier molecular flexibility index (Phi) is 4.85. The molecule has 0 saturated heterocycles. The number of nitrogens with zero attached hydrogens (tertiary/aromatic N) is 1. The van der Waals surface area contributed by atoms with Gasteiger partial charge in [-0.15, -0.1) is 0 Å². The summed E-state index contributed by atoms with van der Waals surface area (Å²) in [5, 5.41) is 12.4. The van der Waals surface area contributed by atoms with E-state index in [9.17, 15) is 13.2 Å². The third-order valence-corrected chi connectivity index (χ3v) is 3.53. The van der Waals surface area contributed by atoms with Crippen LogP contribution in [0.5, 0.6) is 0 Å². The molecule has 0 bridgehead atoms. The first-order chi connectivity index (χ1) is 8.34. The van der Waals surface area contributed by atoms with Crippen LogP contribution in [-0.2, 0) is 20.6 Å². The Hall–Kier alpha value is -1.41. The first-order valence-electron chi connectivity index (χ1n) is 5.49. The Labute approximate surface area is 105 Å². The summed E-state index contributed by atoms with van der Waals surface area (Å²) in [7, 11) is -3.74. The number of hydrogen-bond donors (Lipinski definition) is 2. The molecule has 0 radical (unpaired) electrons. The number of nitrogens with one attached hydrogen (secondary N) is 1. The zero-order chi connectivity index (χ0) is 13.8. The highest BCUT2D eigenvalue weighted by molar-refractivity contribution is 7.88. The molecule has 7 nitrogen and oxygen atoms in total. The Bertz CT molecular complexity index is 508. The molecule has 0 aliphatic rings. The molecule has 1 unspecified atom stereocenters. The number of carboxylic acids is 1. The molecule has 1 heterocycles. The van der Waals surface area contributed by atoms with Crippen LogP contribution in [0.4, 0.5) is 0 Å². The summed E-state index contributed by atoms with van der Waals surface area (Å²) in [5.74, 6) is -1.07. The highest BCUT2D eigenvalue weighted by Gasteiger charge is 2.24. The van der Waals surface area contributed by atoms with Gasteiger partial charge in [-0.05, 0) is 13.3 Å². The lowest BCUT2D eigenvalue weighted by Crippen LogP contribution is -2.41. The number of carbonyl (C=O) groups is 1. The van der Waals surface area contributed by atoms with Gasteiger partial charge < -0.3 is 9.63 Å². The molecule has 0 saturated carbocycles. The van der Waals surface area contributed by atoms with E-state index in [1.807, 2.05) is 0 Å². The van der Waals surface area contributed by atoms with E-state index >= 15 is 0 Å². The maximum atomic E-state index is 11.7. The van der Waals surface area contributed by atoms with Gasteiger partial charge in [0, 0.05) is 6.07 Å². The minimum Gasteiger partial charge on any atom is -0.480 e. The molecule has 18 heavy (non-hydrogen) atoms. The van der Waals surface area contributed by atoms with Crippen LogP contribution in [0.1, 0.15) is 31.2 Å². The Morgan fingerprint density at radius 3 is 2.72 bits per heavy atom. The minimum atomic E-state index is -3.74. The van der Waals surface area contributed by atoms with Gasteiger partial charge in [0.15, 0.2) is 0 Å². The Morgan fingerprint density at radius 2 is 2.28 bits per heavy atom. The second-order valence-electron chi connectivity index (χ2n) is 3.99. The lowest BCUT2D eigenvalue weighted by Gasteiger charge is -2.12. The summed E-state index contributed by atoms with van der Waals surface area (Å²) in [5.41, 5.74) is 0.251. The fourth-order valence-electron chi connectivity index (χ4n) is 1.46. The van der Waals surface area contributed by atoms with Crippen molar-refractivity contribution in [3.05, 3.63) is 17.5 Å². The van der Waals surface area contributed by atoms with Crippen LogP contribution in [0.3, 0.4) is 0 Å². The molecule has 1 aromatic heterocycles. The van der Waals surface area contributed by atoms with E-state index in [0.717, 1.165) is 0 Å². The second-order valence-corrected chi connectivity index (χ2v) is 5.74. The third-order valence-electron chi connectivity index (χ3n) is 2.21. The number of rotatable bonds is 7. The van der Waals surface area contributed by atoms with Crippen LogP contribution in [0, 0.1) is 6.92 Å². The summed E-state index contributed by atoms with van der Waals surface area (Å²) in [6.45, 7) is 3.43. The van der Waals surface area contributed by atoms with E-state index in [4.69, 9.17) is 9.63 Å². The van der Waals surface area contributed by atoms with Gasteiger partial charge in [0.05, 0.1) is 0 Å². The first kappa shape index (κ1) is 14.7. The average molecular weight is 276 g/mol. The van der Waals surface area contributed by atoms with E-state index in [-0.39, 0.29) is 12.1 Å². The van der Waals surface area contributed by atoms with Crippen LogP contribution >= 0.6 is 0 Å². The van der Waals surface area contributed by atoms with Gasteiger partial charge in [0.25, 0.3) is 0 Å². The van der Waals surface area contributed by atoms with E-state index in [2.05, 4.69) is 9.88 Å². The molecular weight excluding hydrogens is 260 g/mol. The smallest absolute Gasteiger partial charge is 0.321 e. The Morgan fingerprint density at radius 1 is 1.61 bits per heavy atom.